The molecule has 2 rings (SSSR count). The Bertz CT molecular complexity index is 477. The van der Waals surface area contributed by atoms with E-state index in [4.69, 9.17) is 5.11 Å². The van der Waals surface area contributed by atoms with Crippen molar-refractivity contribution in [1.29, 1.82) is 0 Å². The second kappa shape index (κ2) is 7.84. The number of benzene rings is 1. The van der Waals surface area contributed by atoms with Crippen LogP contribution in [0.25, 0.3) is 0 Å². The van der Waals surface area contributed by atoms with Crippen molar-refractivity contribution in [2.24, 2.45) is 0 Å². The van der Waals surface area contributed by atoms with Gasteiger partial charge in [0.2, 0.25) is 0 Å². The van der Waals surface area contributed by atoms with Crippen LogP contribution < -0.4 is 0 Å². The summed E-state index contributed by atoms with van der Waals surface area (Å²) in [4.78, 5) is 13.7. The molecule has 106 valence electrons. The van der Waals surface area contributed by atoms with Crippen LogP contribution in [0.2, 0.25) is 0 Å². The number of ketones is 1. The molecular formula is C17H21NO2. The first-order chi connectivity index (χ1) is 9.79. The quantitative estimate of drug-likeness (QED) is 0.852. The van der Waals surface area contributed by atoms with Gasteiger partial charge in [-0.3, -0.25) is 9.69 Å². The highest BCUT2D eigenvalue weighted by Crippen LogP contribution is 2.22. The van der Waals surface area contributed by atoms with E-state index in [1.165, 1.54) is 5.56 Å². The van der Waals surface area contributed by atoms with Crippen molar-refractivity contribution < 1.29 is 9.90 Å². The van der Waals surface area contributed by atoms with Gasteiger partial charge < -0.3 is 5.11 Å². The Balaban J connectivity index is 2.02. The Hall–Kier alpha value is -1.63. The summed E-state index contributed by atoms with van der Waals surface area (Å²) in [5, 5.41) is 8.78. The minimum atomic E-state index is -0.0949. The van der Waals surface area contributed by atoms with Crippen LogP contribution >= 0.6 is 0 Å². The third-order valence-corrected chi connectivity index (χ3v) is 3.74. The molecule has 0 aromatic heterocycles. The van der Waals surface area contributed by atoms with Crippen molar-refractivity contribution in [2.45, 2.75) is 38.3 Å². The fourth-order valence-corrected chi connectivity index (χ4v) is 2.64. The van der Waals surface area contributed by atoms with E-state index in [0.717, 1.165) is 19.4 Å². The highest BCUT2D eigenvalue weighted by Gasteiger charge is 2.23. The predicted octanol–water partition coefficient (Wildman–Crippen LogP) is 2.00. The van der Waals surface area contributed by atoms with Gasteiger partial charge in [-0.25, -0.2) is 0 Å². The lowest BCUT2D eigenvalue weighted by molar-refractivity contribution is -0.121. The molecule has 0 amide bonds. The van der Waals surface area contributed by atoms with Crippen molar-refractivity contribution in [2.75, 3.05) is 13.2 Å². The summed E-state index contributed by atoms with van der Waals surface area (Å²) in [7, 11) is 0. The molecule has 0 saturated heterocycles. The van der Waals surface area contributed by atoms with Crippen molar-refractivity contribution in [1.82, 2.24) is 4.90 Å². The van der Waals surface area contributed by atoms with Gasteiger partial charge in [-0.15, -0.1) is 0 Å². The lowest BCUT2D eigenvalue weighted by Crippen LogP contribution is -2.38. The van der Waals surface area contributed by atoms with Crippen LogP contribution in [0.1, 0.15) is 31.2 Å². The summed E-state index contributed by atoms with van der Waals surface area (Å²) >= 11 is 0. The number of hydrogen-bond acceptors (Lipinski definition) is 3. The number of hydrogen-bond donors (Lipinski definition) is 1. The monoisotopic (exact) mass is 271 g/mol. The van der Waals surface area contributed by atoms with Crippen LogP contribution in [-0.2, 0) is 11.3 Å². The van der Waals surface area contributed by atoms with Gasteiger partial charge in [-0.05, 0) is 18.4 Å². The molecule has 0 radical (unpaired) electrons. The summed E-state index contributed by atoms with van der Waals surface area (Å²) in [6.45, 7) is 1.40. The molecule has 1 fully saturated rings. The SMILES string of the molecule is O=C1CCC(N(CC#CCO)Cc2ccccc2)CC1. The van der Waals surface area contributed by atoms with Gasteiger partial charge in [0.1, 0.15) is 12.4 Å². The average molecular weight is 271 g/mol. The number of Topliss-reactive ketones (excluding diaryl/α,β-unsaturated/α-hetero) is 1. The van der Waals surface area contributed by atoms with Crippen LogP contribution in [0, 0.1) is 11.8 Å². The minimum Gasteiger partial charge on any atom is -0.384 e. The zero-order valence-electron chi connectivity index (χ0n) is 11.7. The van der Waals surface area contributed by atoms with Crippen molar-refractivity contribution >= 4 is 5.78 Å². The van der Waals surface area contributed by atoms with Crippen LogP contribution in [-0.4, -0.2) is 35.0 Å². The molecular weight excluding hydrogens is 250 g/mol. The Morgan fingerprint density at radius 1 is 1.15 bits per heavy atom. The molecule has 0 atom stereocenters. The standard InChI is InChI=1S/C17H21NO2/c19-13-5-4-12-18(14-15-6-2-1-3-7-15)16-8-10-17(20)11-9-16/h1-3,6-7,16,19H,8-14H2. The average Bonchev–Trinajstić information content (AvgIpc) is 2.48. The lowest BCUT2D eigenvalue weighted by Gasteiger charge is -2.32. The summed E-state index contributed by atoms with van der Waals surface area (Å²) in [6.07, 6.45) is 3.21. The highest BCUT2D eigenvalue weighted by atomic mass is 16.2. The number of nitrogens with zero attached hydrogens (tertiary/aromatic N) is 1. The predicted molar refractivity (Wildman–Crippen MR) is 79.0 cm³/mol. The van der Waals surface area contributed by atoms with Crippen LogP contribution in [0.5, 0.6) is 0 Å². The Morgan fingerprint density at radius 3 is 2.50 bits per heavy atom. The van der Waals surface area contributed by atoms with E-state index < -0.39 is 0 Å². The first-order valence-electron chi connectivity index (χ1n) is 7.16. The van der Waals surface area contributed by atoms with E-state index in [-0.39, 0.29) is 6.61 Å². The minimum absolute atomic E-state index is 0.0949. The normalized spacial score (nSPS) is 16.0. The largest absolute Gasteiger partial charge is 0.384 e. The van der Waals surface area contributed by atoms with Crippen LogP contribution in [0.15, 0.2) is 30.3 Å². The summed E-state index contributed by atoms with van der Waals surface area (Å²) in [5.74, 6) is 6.09. The number of carbonyl (C=O) groups excluding carboxylic acids is 1. The summed E-state index contributed by atoms with van der Waals surface area (Å²) in [6, 6.07) is 10.7. The molecule has 1 saturated carbocycles. The zero-order valence-corrected chi connectivity index (χ0v) is 11.7. The Kier molecular flexibility index (Phi) is 5.79. The number of aliphatic hydroxyl groups excluding tert-OH is 1. The molecule has 3 heteroatoms. The molecule has 0 heterocycles. The van der Waals surface area contributed by atoms with E-state index in [9.17, 15) is 4.79 Å². The first kappa shape index (κ1) is 14.8. The Morgan fingerprint density at radius 2 is 1.85 bits per heavy atom. The second-order valence-electron chi connectivity index (χ2n) is 5.17. The van der Waals surface area contributed by atoms with Gasteiger partial charge >= 0.3 is 0 Å². The molecule has 20 heavy (non-hydrogen) atoms. The van der Waals surface area contributed by atoms with Gasteiger partial charge in [0.25, 0.3) is 0 Å². The van der Waals surface area contributed by atoms with Crippen molar-refractivity contribution in [3.8, 4) is 11.8 Å². The summed E-state index contributed by atoms with van der Waals surface area (Å²) in [5.41, 5.74) is 1.26. The molecule has 1 aliphatic carbocycles. The maximum Gasteiger partial charge on any atom is 0.133 e. The van der Waals surface area contributed by atoms with E-state index in [2.05, 4.69) is 28.9 Å². The molecule has 0 bridgehead atoms. The van der Waals surface area contributed by atoms with E-state index in [0.29, 0.717) is 31.2 Å². The number of aliphatic hydroxyl groups is 1. The van der Waals surface area contributed by atoms with Crippen LogP contribution in [0.4, 0.5) is 0 Å². The van der Waals surface area contributed by atoms with Gasteiger partial charge in [-0.1, -0.05) is 42.2 Å². The first-order valence-corrected chi connectivity index (χ1v) is 7.16. The third kappa shape index (κ3) is 4.48. The zero-order chi connectivity index (χ0) is 14.2. The maximum absolute atomic E-state index is 11.4. The lowest BCUT2D eigenvalue weighted by atomic mass is 9.93. The van der Waals surface area contributed by atoms with E-state index >= 15 is 0 Å². The number of rotatable bonds is 4. The van der Waals surface area contributed by atoms with Crippen molar-refractivity contribution in [3.05, 3.63) is 35.9 Å². The van der Waals surface area contributed by atoms with Gasteiger partial charge in [0.15, 0.2) is 0 Å². The van der Waals surface area contributed by atoms with Gasteiger partial charge in [0.05, 0.1) is 6.54 Å². The highest BCUT2D eigenvalue weighted by molar-refractivity contribution is 5.79. The van der Waals surface area contributed by atoms with E-state index in [1.54, 1.807) is 0 Å². The van der Waals surface area contributed by atoms with Gasteiger partial charge in [-0.2, -0.15) is 0 Å². The second-order valence-corrected chi connectivity index (χ2v) is 5.17. The molecule has 1 aromatic carbocycles. The molecule has 0 unspecified atom stereocenters. The molecule has 1 aliphatic rings. The van der Waals surface area contributed by atoms with E-state index in [1.807, 2.05) is 18.2 Å². The number of carbonyl (C=O) groups is 1. The smallest absolute Gasteiger partial charge is 0.133 e. The molecule has 0 aliphatic heterocycles. The fraction of sp³-hybridized carbons (Fsp3) is 0.471. The van der Waals surface area contributed by atoms with Gasteiger partial charge in [0, 0.05) is 25.4 Å². The third-order valence-electron chi connectivity index (χ3n) is 3.74. The maximum atomic E-state index is 11.4. The topological polar surface area (TPSA) is 40.5 Å². The molecule has 1 N–H and O–H groups in total. The molecule has 3 nitrogen and oxygen atoms in total. The Labute approximate surface area is 120 Å². The fourth-order valence-electron chi connectivity index (χ4n) is 2.64. The summed E-state index contributed by atoms with van der Waals surface area (Å²) < 4.78 is 0. The van der Waals surface area contributed by atoms with Crippen LogP contribution in [0.3, 0.4) is 0 Å². The molecule has 1 aromatic rings. The van der Waals surface area contributed by atoms with Crippen molar-refractivity contribution in [3.63, 3.8) is 0 Å². The molecule has 0 spiro atoms.